The smallest absolute Gasteiger partial charge is 0.225 e. The van der Waals surface area contributed by atoms with Gasteiger partial charge in [0.2, 0.25) is 5.95 Å². The molecule has 30 heavy (non-hydrogen) atoms. The minimum absolute atomic E-state index is 0.344. The minimum atomic E-state index is 0.344. The molecule has 7 nitrogen and oxygen atoms in total. The second-order valence-corrected chi connectivity index (χ2v) is 7.56. The summed E-state index contributed by atoms with van der Waals surface area (Å²) < 4.78 is 11.1. The Kier molecular flexibility index (Phi) is 6.18. The molecule has 3 aromatic rings. The summed E-state index contributed by atoms with van der Waals surface area (Å²) in [5, 5.41) is 4.37. The van der Waals surface area contributed by atoms with Gasteiger partial charge in [0.05, 0.1) is 19.2 Å². The van der Waals surface area contributed by atoms with Gasteiger partial charge in [-0.2, -0.15) is 4.98 Å². The van der Waals surface area contributed by atoms with Crippen LogP contribution in [0.2, 0.25) is 0 Å². The molecule has 1 saturated heterocycles. The maximum atomic E-state index is 6.11. The van der Waals surface area contributed by atoms with Crippen molar-refractivity contribution < 1.29 is 9.47 Å². The van der Waals surface area contributed by atoms with Crippen molar-refractivity contribution in [2.45, 2.75) is 32.4 Å². The van der Waals surface area contributed by atoms with E-state index in [1.54, 1.807) is 7.11 Å². The maximum Gasteiger partial charge on any atom is 0.225 e. The number of anilines is 2. The van der Waals surface area contributed by atoms with E-state index in [4.69, 9.17) is 15.2 Å². The first-order valence-electron chi connectivity index (χ1n) is 10.5. The largest absolute Gasteiger partial charge is 0.493 e. The molecule has 0 unspecified atom stereocenters. The fourth-order valence-corrected chi connectivity index (χ4v) is 3.93. The van der Waals surface area contributed by atoms with Crippen LogP contribution in [0, 0.1) is 0 Å². The van der Waals surface area contributed by atoms with E-state index in [9.17, 15) is 0 Å². The van der Waals surface area contributed by atoms with E-state index in [1.807, 2.05) is 37.3 Å². The van der Waals surface area contributed by atoms with Crippen LogP contribution in [0.25, 0.3) is 10.9 Å². The molecule has 1 aliphatic rings. The van der Waals surface area contributed by atoms with Gasteiger partial charge in [-0.3, -0.25) is 4.90 Å². The average molecular weight is 408 g/mol. The van der Waals surface area contributed by atoms with E-state index in [0.717, 1.165) is 54.9 Å². The summed E-state index contributed by atoms with van der Waals surface area (Å²) >= 11 is 0. The van der Waals surface area contributed by atoms with Crippen molar-refractivity contribution in [3.05, 3.63) is 48.0 Å². The molecule has 2 aromatic carbocycles. The van der Waals surface area contributed by atoms with E-state index in [0.29, 0.717) is 24.4 Å². The molecular formula is C23H29N5O2. The summed E-state index contributed by atoms with van der Waals surface area (Å²) in [5.74, 6) is 2.71. The van der Waals surface area contributed by atoms with E-state index in [-0.39, 0.29) is 0 Å². The van der Waals surface area contributed by atoms with Crippen molar-refractivity contribution in [3.63, 3.8) is 0 Å². The normalized spacial score (nSPS) is 15.3. The van der Waals surface area contributed by atoms with Crippen LogP contribution in [-0.4, -0.2) is 47.7 Å². The van der Waals surface area contributed by atoms with Gasteiger partial charge in [-0.15, -0.1) is 0 Å². The summed E-state index contributed by atoms with van der Waals surface area (Å²) in [4.78, 5) is 11.5. The highest BCUT2D eigenvalue weighted by Crippen LogP contribution is 2.29. The Morgan fingerprint density at radius 2 is 1.90 bits per heavy atom. The standard InChI is InChI=1S/C23H29N5O2/c1-3-30-21-14-16(8-9-20(21)29-2)15-28-12-10-17(11-13-28)25-23-26-19-7-5-4-6-18(19)22(24)27-23/h4-9,14,17H,3,10-13,15H2,1-2H3,(H3,24,25,26,27). The van der Waals surface area contributed by atoms with Crippen molar-refractivity contribution in [2.24, 2.45) is 0 Å². The average Bonchev–Trinajstić information content (AvgIpc) is 2.76. The molecule has 0 bridgehead atoms. The molecule has 7 heteroatoms. The van der Waals surface area contributed by atoms with Crippen LogP contribution in [0.4, 0.5) is 11.8 Å². The van der Waals surface area contributed by atoms with E-state index in [2.05, 4.69) is 32.3 Å². The Morgan fingerprint density at radius 1 is 1.10 bits per heavy atom. The number of nitrogens with two attached hydrogens (primary N) is 1. The zero-order valence-electron chi connectivity index (χ0n) is 17.6. The Labute approximate surface area is 177 Å². The Hall–Kier alpha value is -3.06. The van der Waals surface area contributed by atoms with Crippen LogP contribution < -0.4 is 20.5 Å². The molecule has 1 aliphatic heterocycles. The van der Waals surface area contributed by atoms with Crippen LogP contribution in [0.5, 0.6) is 11.5 Å². The number of ether oxygens (including phenoxy) is 2. The minimum Gasteiger partial charge on any atom is -0.493 e. The number of nitrogen functional groups attached to an aromatic ring is 1. The van der Waals surface area contributed by atoms with Gasteiger partial charge in [-0.1, -0.05) is 18.2 Å². The summed E-state index contributed by atoms with van der Waals surface area (Å²) in [6.07, 6.45) is 2.06. The second kappa shape index (κ2) is 9.17. The number of hydrogen-bond acceptors (Lipinski definition) is 7. The lowest BCUT2D eigenvalue weighted by molar-refractivity contribution is 0.210. The number of aromatic nitrogens is 2. The highest BCUT2D eigenvalue weighted by molar-refractivity contribution is 5.88. The molecule has 0 spiro atoms. The molecule has 1 aromatic heterocycles. The van der Waals surface area contributed by atoms with Crippen molar-refractivity contribution >= 4 is 22.7 Å². The number of hydrogen-bond donors (Lipinski definition) is 2. The number of fused-ring (bicyclic) bond motifs is 1. The monoisotopic (exact) mass is 407 g/mol. The van der Waals surface area contributed by atoms with E-state index >= 15 is 0 Å². The molecule has 3 N–H and O–H groups in total. The quantitative estimate of drug-likeness (QED) is 0.618. The molecule has 158 valence electrons. The Bertz CT molecular complexity index is 1000. The first-order chi connectivity index (χ1) is 14.7. The first-order valence-corrected chi connectivity index (χ1v) is 10.5. The Morgan fingerprint density at radius 3 is 2.67 bits per heavy atom. The second-order valence-electron chi connectivity index (χ2n) is 7.56. The molecule has 4 rings (SSSR count). The Balaban J connectivity index is 1.35. The number of piperidine rings is 1. The predicted octanol–water partition coefficient (Wildman–Crippen LogP) is 3.70. The van der Waals surface area contributed by atoms with Crippen LogP contribution in [0.1, 0.15) is 25.3 Å². The van der Waals surface area contributed by atoms with Gasteiger partial charge in [0.15, 0.2) is 11.5 Å². The molecule has 1 fully saturated rings. The highest BCUT2D eigenvalue weighted by atomic mass is 16.5. The van der Waals surface area contributed by atoms with Crippen LogP contribution in [0.15, 0.2) is 42.5 Å². The maximum absolute atomic E-state index is 6.11. The summed E-state index contributed by atoms with van der Waals surface area (Å²) in [6.45, 7) is 5.53. The lowest BCUT2D eigenvalue weighted by Crippen LogP contribution is -2.39. The first kappa shape index (κ1) is 20.2. The summed E-state index contributed by atoms with van der Waals surface area (Å²) in [6, 6.07) is 14.3. The predicted molar refractivity (Wildman–Crippen MR) is 120 cm³/mol. The third-order valence-electron chi connectivity index (χ3n) is 5.49. The van der Waals surface area contributed by atoms with Crippen LogP contribution in [-0.2, 0) is 6.54 Å². The van der Waals surface area contributed by atoms with Gasteiger partial charge in [0.1, 0.15) is 5.82 Å². The van der Waals surface area contributed by atoms with E-state index in [1.165, 1.54) is 5.56 Å². The summed E-state index contributed by atoms with van der Waals surface area (Å²) in [7, 11) is 1.67. The zero-order valence-corrected chi connectivity index (χ0v) is 17.6. The van der Waals surface area contributed by atoms with Gasteiger partial charge in [-0.05, 0) is 49.6 Å². The van der Waals surface area contributed by atoms with E-state index < -0.39 is 0 Å². The molecule has 0 amide bonds. The number of nitrogens with one attached hydrogen (secondary N) is 1. The number of methoxy groups -OCH3 is 1. The van der Waals surface area contributed by atoms with Crippen LogP contribution >= 0.6 is 0 Å². The fourth-order valence-electron chi connectivity index (χ4n) is 3.93. The molecular weight excluding hydrogens is 378 g/mol. The lowest BCUT2D eigenvalue weighted by atomic mass is 10.0. The SMILES string of the molecule is CCOc1cc(CN2CCC(Nc3nc(N)c4ccccc4n3)CC2)ccc1OC. The van der Waals surface area contributed by atoms with Crippen LogP contribution in [0.3, 0.4) is 0 Å². The van der Waals surface area contributed by atoms with Crippen molar-refractivity contribution in [3.8, 4) is 11.5 Å². The van der Waals surface area contributed by atoms with Gasteiger partial charge in [0.25, 0.3) is 0 Å². The summed E-state index contributed by atoms with van der Waals surface area (Å²) in [5.41, 5.74) is 8.21. The van der Waals surface area contributed by atoms with Gasteiger partial charge < -0.3 is 20.5 Å². The third-order valence-corrected chi connectivity index (χ3v) is 5.49. The fraction of sp³-hybridized carbons (Fsp3) is 0.391. The number of likely N-dealkylation sites (tertiary alicyclic amines) is 1. The van der Waals surface area contributed by atoms with Gasteiger partial charge in [0, 0.05) is 31.1 Å². The number of benzene rings is 2. The van der Waals surface area contributed by atoms with Crippen molar-refractivity contribution in [2.75, 3.05) is 37.9 Å². The highest BCUT2D eigenvalue weighted by Gasteiger charge is 2.20. The molecule has 0 atom stereocenters. The molecule has 0 radical (unpaired) electrons. The third kappa shape index (κ3) is 4.57. The molecule has 0 saturated carbocycles. The molecule has 0 aliphatic carbocycles. The molecule has 2 heterocycles. The van der Waals surface area contributed by atoms with Crippen molar-refractivity contribution in [1.82, 2.24) is 14.9 Å². The number of rotatable bonds is 7. The topological polar surface area (TPSA) is 85.5 Å². The van der Waals surface area contributed by atoms with Gasteiger partial charge >= 0.3 is 0 Å². The number of para-hydroxylation sites is 1. The number of nitrogens with zero attached hydrogens (tertiary/aromatic N) is 3. The zero-order chi connectivity index (χ0) is 20.9. The van der Waals surface area contributed by atoms with Gasteiger partial charge in [-0.25, -0.2) is 4.98 Å². The van der Waals surface area contributed by atoms with Crippen molar-refractivity contribution in [1.29, 1.82) is 0 Å². The lowest BCUT2D eigenvalue weighted by Gasteiger charge is -2.32.